The van der Waals surface area contributed by atoms with Gasteiger partial charge in [0.2, 0.25) is 0 Å². The molecule has 0 fully saturated rings. The number of nitrogens with two attached hydrogens (primary N) is 1. The van der Waals surface area contributed by atoms with E-state index in [1.807, 2.05) is 0 Å². The van der Waals surface area contributed by atoms with E-state index in [1.165, 1.54) is 23.9 Å². The molecule has 0 aromatic heterocycles. The maximum Gasteiger partial charge on any atom is 0.407 e. The van der Waals surface area contributed by atoms with Crippen molar-refractivity contribution in [2.75, 3.05) is 6.26 Å². The molecule has 1 aromatic rings. The summed E-state index contributed by atoms with van der Waals surface area (Å²) >= 11 is 1.39. The Bertz CT molecular complexity index is 316. The van der Waals surface area contributed by atoms with Crippen molar-refractivity contribution in [2.24, 2.45) is 5.73 Å². The molecule has 0 amide bonds. The van der Waals surface area contributed by atoms with Crippen LogP contribution in [0.25, 0.3) is 0 Å². The van der Waals surface area contributed by atoms with E-state index in [2.05, 4.69) is 0 Å². The lowest BCUT2D eigenvalue weighted by Crippen LogP contribution is -2.28. The molecule has 0 aliphatic heterocycles. The van der Waals surface area contributed by atoms with Gasteiger partial charge in [0.25, 0.3) is 0 Å². The molecule has 0 saturated carbocycles. The lowest BCUT2D eigenvalue weighted by atomic mass is 10.1. The zero-order valence-corrected chi connectivity index (χ0v) is 9.55. The Hall–Kier alpha value is -0.390. The van der Waals surface area contributed by atoms with Gasteiger partial charge in [-0.25, -0.2) is 0 Å². The Morgan fingerprint density at radius 2 is 1.93 bits per heavy atom. The second-order valence-corrected chi connectivity index (χ2v) is 3.68. The first-order valence-corrected chi connectivity index (χ1v) is 5.14. The zero-order valence-electron chi connectivity index (χ0n) is 7.91. The van der Waals surface area contributed by atoms with Gasteiger partial charge in [-0.2, -0.15) is 13.2 Å². The molecule has 1 rings (SSSR count). The average Bonchev–Trinajstić information content (AvgIpc) is 2.15. The molecule has 1 nitrogen and oxygen atoms in total. The van der Waals surface area contributed by atoms with E-state index in [-0.39, 0.29) is 18.0 Å². The number of halogens is 4. The van der Waals surface area contributed by atoms with E-state index >= 15 is 0 Å². The van der Waals surface area contributed by atoms with Gasteiger partial charge in [-0.3, -0.25) is 0 Å². The number of alkyl halides is 3. The fraction of sp³-hybridized carbons (Fsp3) is 0.333. The highest BCUT2D eigenvalue weighted by Gasteiger charge is 2.37. The Kier molecular flexibility index (Phi) is 5.48. The second-order valence-electron chi connectivity index (χ2n) is 2.80. The van der Waals surface area contributed by atoms with Crippen molar-refractivity contribution in [3.8, 4) is 0 Å². The van der Waals surface area contributed by atoms with Gasteiger partial charge < -0.3 is 5.73 Å². The van der Waals surface area contributed by atoms with Crippen LogP contribution < -0.4 is 5.73 Å². The van der Waals surface area contributed by atoms with Gasteiger partial charge >= 0.3 is 6.18 Å². The third kappa shape index (κ3) is 3.93. The minimum Gasteiger partial charge on any atom is -0.316 e. The molecule has 1 aromatic carbocycles. The molecule has 0 aliphatic carbocycles. The van der Waals surface area contributed by atoms with Crippen LogP contribution in [-0.4, -0.2) is 12.4 Å². The second kappa shape index (κ2) is 5.63. The molecule has 0 spiro atoms. The van der Waals surface area contributed by atoms with Gasteiger partial charge in [-0.1, -0.05) is 12.1 Å². The minimum absolute atomic E-state index is 0. The molecular weight excluding hydrogens is 247 g/mol. The highest BCUT2D eigenvalue weighted by molar-refractivity contribution is 7.98. The molecule has 2 N–H and O–H groups in total. The number of rotatable bonds is 2. The Morgan fingerprint density at radius 3 is 2.40 bits per heavy atom. The number of thioether (sulfide) groups is 1. The van der Waals surface area contributed by atoms with Crippen molar-refractivity contribution in [3.63, 3.8) is 0 Å². The van der Waals surface area contributed by atoms with Crippen LogP contribution in [-0.2, 0) is 0 Å². The van der Waals surface area contributed by atoms with Crippen LogP contribution in [0.5, 0.6) is 0 Å². The van der Waals surface area contributed by atoms with E-state index in [9.17, 15) is 13.2 Å². The first-order chi connectivity index (χ1) is 6.45. The van der Waals surface area contributed by atoms with E-state index in [0.29, 0.717) is 0 Å². The number of benzene rings is 1. The van der Waals surface area contributed by atoms with Crippen molar-refractivity contribution in [1.29, 1.82) is 0 Å². The first-order valence-electron chi connectivity index (χ1n) is 3.91. The van der Waals surface area contributed by atoms with Crippen molar-refractivity contribution in [2.45, 2.75) is 17.1 Å². The summed E-state index contributed by atoms with van der Waals surface area (Å²) in [6.45, 7) is 0. The highest BCUT2D eigenvalue weighted by Crippen LogP contribution is 2.31. The zero-order chi connectivity index (χ0) is 10.8. The SMILES string of the molecule is CSc1cccc(C(N)C(F)(F)F)c1.Cl. The smallest absolute Gasteiger partial charge is 0.316 e. The predicted molar refractivity (Wildman–Crippen MR) is 58.5 cm³/mol. The lowest BCUT2D eigenvalue weighted by Gasteiger charge is -2.16. The quantitative estimate of drug-likeness (QED) is 0.822. The first kappa shape index (κ1) is 14.6. The summed E-state index contributed by atoms with van der Waals surface area (Å²) in [5.74, 6) is 0. The molecule has 0 heterocycles. The van der Waals surface area contributed by atoms with Gasteiger partial charge in [0.05, 0.1) is 0 Å². The van der Waals surface area contributed by atoms with Crippen molar-refractivity contribution in [3.05, 3.63) is 29.8 Å². The molecule has 0 aliphatic rings. The maximum atomic E-state index is 12.2. The van der Waals surface area contributed by atoms with Crippen LogP contribution in [0.3, 0.4) is 0 Å². The van der Waals surface area contributed by atoms with Crippen molar-refractivity contribution in [1.82, 2.24) is 0 Å². The van der Waals surface area contributed by atoms with Crippen LogP contribution in [0.2, 0.25) is 0 Å². The molecule has 1 atom stereocenters. The summed E-state index contributed by atoms with van der Waals surface area (Å²) in [6, 6.07) is 4.28. The Balaban J connectivity index is 0.00000196. The molecule has 1 unspecified atom stereocenters. The summed E-state index contributed by atoms with van der Waals surface area (Å²) in [5, 5.41) is 0. The standard InChI is InChI=1S/C9H10F3NS.ClH/c1-14-7-4-2-3-6(5-7)8(13)9(10,11)12;/h2-5,8H,13H2,1H3;1H. The summed E-state index contributed by atoms with van der Waals surface area (Å²) in [6.07, 6.45) is -2.57. The maximum absolute atomic E-state index is 12.2. The molecule has 0 saturated heterocycles. The van der Waals surface area contributed by atoms with Gasteiger partial charge in [0, 0.05) is 4.90 Å². The number of hydrogen-bond donors (Lipinski definition) is 1. The molecular formula is C9H11ClF3NS. The Morgan fingerprint density at radius 1 is 1.33 bits per heavy atom. The third-order valence-electron chi connectivity index (χ3n) is 1.81. The van der Waals surface area contributed by atoms with Gasteiger partial charge in [-0.05, 0) is 24.0 Å². The minimum atomic E-state index is -4.38. The largest absolute Gasteiger partial charge is 0.407 e. The van der Waals surface area contributed by atoms with Crippen molar-refractivity contribution >= 4 is 24.2 Å². The number of hydrogen-bond acceptors (Lipinski definition) is 2. The normalized spacial score (nSPS) is 13.1. The average molecular weight is 258 g/mol. The molecule has 0 radical (unpaired) electrons. The van der Waals surface area contributed by atoms with E-state index in [0.717, 1.165) is 4.90 Å². The van der Waals surface area contributed by atoms with E-state index in [4.69, 9.17) is 5.73 Å². The highest BCUT2D eigenvalue weighted by atomic mass is 35.5. The molecule has 6 heteroatoms. The lowest BCUT2D eigenvalue weighted by molar-refractivity contribution is -0.149. The third-order valence-corrected chi connectivity index (χ3v) is 2.53. The van der Waals surface area contributed by atoms with Crippen LogP contribution in [0.15, 0.2) is 29.2 Å². The van der Waals surface area contributed by atoms with Crippen LogP contribution >= 0.6 is 24.2 Å². The van der Waals surface area contributed by atoms with Gasteiger partial charge in [-0.15, -0.1) is 24.2 Å². The van der Waals surface area contributed by atoms with E-state index in [1.54, 1.807) is 18.4 Å². The predicted octanol–water partition coefficient (Wildman–Crippen LogP) is 3.39. The molecule has 15 heavy (non-hydrogen) atoms. The molecule has 0 bridgehead atoms. The topological polar surface area (TPSA) is 26.0 Å². The summed E-state index contributed by atoms with van der Waals surface area (Å²) in [4.78, 5) is 0.780. The molecule has 86 valence electrons. The van der Waals surface area contributed by atoms with Crippen LogP contribution in [0.4, 0.5) is 13.2 Å². The fourth-order valence-electron chi connectivity index (χ4n) is 1.02. The van der Waals surface area contributed by atoms with Gasteiger partial charge in [0.15, 0.2) is 0 Å². The Labute approximate surface area is 96.6 Å². The van der Waals surface area contributed by atoms with Crippen molar-refractivity contribution < 1.29 is 13.2 Å². The van der Waals surface area contributed by atoms with Crippen LogP contribution in [0, 0.1) is 0 Å². The summed E-state index contributed by atoms with van der Waals surface area (Å²) in [5.41, 5.74) is 5.16. The monoisotopic (exact) mass is 257 g/mol. The fourth-order valence-corrected chi connectivity index (χ4v) is 1.49. The summed E-state index contributed by atoms with van der Waals surface area (Å²) < 4.78 is 36.7. The summed E-state index contributed by atoms with van der Waals surface area (Å²) in [7, 11) is 0. The van der Waals surface area contributed by atoms with Gasteiger partial charge in [0.1, 0.15) is 6.04 Å². The van der Waals surface area contributed by atoms with Crippen LogP contribution in [0.1, 0.15) is 11.6 Å². The van der Waals surface area contributed by atoms with E-state index < -0.39 is 12.2 Å².